The highest BCUT2D eigenvalue weighted by atomic mass is 15.3. The number of nitriles is 2. The third-order valence-corrected chi connectivity index (χ3v) is 5.43. The smallest absolute Gasteiger partial charge is 0.232 e. The number of nitrogens with one attached hydrogen (secondary N) is 2. The molecular formula is C25H23N9. The van der Waals surface area contributed by atoms with Crippen LogP contribution in [0, 0.1) is 29.7 Å². The summed E-state index contributed by atoms with van der Waals surface area (Å²) in [6.45, 7) is 5.16. The van der Waals surface area contributed by atoms with E-state index in [0.717, 1.165) is 35.5 Å². The number of hydrogen-bond donors (Lipinski definition) is 2. The van der Waals surface area contributed by atoms with E-state index in [-0.39, 0.29) is 0 Å². The van der Waals surface area contributed by atoms with Gasteiger partial charge in [0.25, 0.3) is 0 Å². The lowest BCUT2D eigenvalue weighted by Gasteiger charge is -2.26. The van der Waals surface area contributed by atoms with Crippen LogP contribution in [-0.4, -0.2) is 33.9 Å². The molecule has 2 N–H and O–H groups in total. The van der Waals surface area contributed by atoms with Crippen LogP contribution in [0.3, 0.4) is 0 Å². The summed E-state index contributed by atoms with van der Waals surface area (Å²) in [5, 5.41) is 23.5. The molecule has 0 aliphatic carbocycles. The average molecular weight is 450 g/mol. The monoisotopic (exact) mass is 449 g/mol. The maximum atomic E-state index is 8.98. The Morgan fingerprint density at radius 2 is 1.94 bits per heavy atom. The van der Waals surface area contributed by atoms with Crippen LogP contribution >= 0.6 is 0 Å². The molecule has 1 aromatic heterocycles. The predicted octanol–water partition coefficient (Wildman–Crippen LogP) is 4.21. The van der Waals surface area contributed by atoms with Gasteiger partial charge in [-0.15, -0.1) is 0 Å². The lowest BCUT2D eigenvalue weighted by Crippen LogP contribution is -2.30. The fourth-order valence-corrected chi connectivity index (χ4v) is 3.60. The van der Waals surface area contributed by atoms with Gasteiger partial charge in [0.2, 0.25) is 11.9 Å². The van der Waals surface area contributed by atoms with Crippen molar-refractivity contribution in [1.82, 2.24) is 20.3 Å². The number of hydrogen-bond acceptors (Lipinski definition) is 8. The molecule has 4 rings (SSSR count). The SMILES string of the molecule is CC(=Nc1cc(Nc2ncnc(N3CC=C(c4ccc(C#N)cc4)CC3)n2)ccc1C)NC#N. The first-order chi connectivity index (χ1) is 16.6. The highest BCUT2D eigenvalue weighted by Gasteiger charge is 2.16. The second kappa shape index (κ2) is 10.2. The van der Waals surface area contributed by atoms with Gasteiger partial charge >= 0.3 is 0 Å². The van der Waals surface area contributed by atoms with Crippen LogP contribution in [0.4, 0.5) is 23.3 Å². The van der Waals surface area contributed by atoms with Gasteiger partial charge in [0.1, 0.15) is 12.2 Å². The van der Waals surface area contributed by atoms with E-state index in [9.17, 15) is 0 Å². The number of aromatic nitrogens is 3. The maximum absolute atomic E-state index is 8.98. The Hall–Kier alpha value is -4.76. The van der Waals surface area contributed by atoms with Crippen LogP contribution in [0.5, 0.6) is 0 Å². The first kappa shape index (κ1) is 22.4. The van der Waals surface area contributed by atoms with Gasteiger partial charge in [0.15, 0.2) is 6.19 Å². The van der Waals surface area contributed by atoms with Crippen molar-refractivity contribution >= 4 is 34.7 Å². The number of amidine groups is 1. The number of benzene rings is 2. The van der Waals surface area contributed by atoms with Gasteiger partial charge in [0, 0.05) is 18.8 Å². The van der Waals surface area contributed by atoms with Crippen LogP contribution < -0.4 is 15.5 Å². The molecule has 2 aromatic carbocycles. The van der Waals surface area contributed by atoms with Crippen molar-refractivity contribution in [2.75, 3.05) is 23.3 Å². The van der Waals surface area contributed by atoms with E-state index in [2.05, 4.69) is 47.6 Å². The zero-order chi connectivity index (χ0) is 23.9. The van der Waals surface area contributed by atoms with E-state index < -0.39 is 0 Å². The summed E-state index contributed by atoms with van der Waals surface area (Å²) in [5.74, 6) is 1.56. The van der Waals surface area contributed by atoms with Gasteiger partial charge in [-0.25, -0.2) is 15.0 Å². The van der Waals surface area contributed by atoms with Gasteiger partial charge in [0.05, 0.1) is 17.3 Å². The first-order valence-corrected chi connectivity index (χ1v) is 10.8. The van der Waals surface area contributed by atoms with Crippen molar-refractivity contribution in [1.29, 1.82) is 10.5 Å². The number of anilines is 3. The summed E-state index contributed by atoms with van der Waals surface area (Å²) in [5.41, 5.74) is 5.56. The fraction of sp³-hybridized carbons (Fsp3) is 0.200. The standard InChI is InChI=1S/C25H23N9/c1-17-3-8-22(13-23(17)31-18(2)28-15-27)32-24-29-16-30-25(33-24)34-11-9-21(10-12-34)20-6-4-19(14-26)5-7-20/h3-9,13,16H,10-12H2,1-2H3,(H,28,31)(H,29,30,32,33). The maximum Gasteiger partial charge on any atom is 0.232 e. The molecule has 9 heteroatoms. The minimum Gasteiger partial charge on any atom is -0.337 e. The van der Waals surface area contributed by atoms with Gasteiger partial charge in [-0.2, -0.15) is 15.5 Å². The molecule has 0 saturated carbocycles. The Kier molecular flexibility index (Phi) is 6.76. The van der Waals surface area contributed by atoms with E-state index in [1.807, 2.05) is 55.6 Å². The Labute approximate surface area is 198 Å². The average Bonchev–Trinajstić information content (AvgIpc) is 2.86. The van der Waals surface area contributed by atoms with Gasteiger partial charge in [-0.05, 0) is 61.2 Å². The third kappa shape index (κ3) is 5.34. The van der Waals surface area contributed by atoms with E-state index in [1.165, 1.54) is 11.9 Å². The number of nitrogens with zero attached hydrogens (tertiary/aromatic N) is 7. The van der Waals surface area contributed by atoms with E-state index >= 15 is 0 Å². The van der Waals surface area contributed by atoms with E-state index in [1.54, 1.807) is 6.92 Å². The van der Waals surface area contributed by atoms with Gasteiger partial charge in [-0.3, -0.25) is 5.32 Å². The Morgan fingerprint density at radius 3 is 2.65 bits per heavy atom. The predicted molar refractivity (Wildman–Crippen MR) is 132 cm³/mol. The molecule has 0 spiro atoms. The van der Waals surface area contributed by atoms with Crippen LogP contribution in [0.1, 0.15) is 30.0 Å². The minimum absolute atomic E-state index is 0.442. The second-order valence-corrected chi connectivity index (χ2v) is 7.78. The zero-order valence-electron chi connectivity index (χ0n) is 18.9. The largest absolute Gasteiger partial charge is 0.337 e. The summed E-state index contributed by atoms with van der Waals surface area (Å²) < 4.78 is 0. The summed E-state index contributed by atoms with van der Waals surface area (Å²) in [7, 11) is 0. The van der Waals surface area contributed by atoms with Crippen molar-refractivity contribution in [3.63, 3.8) is 0 Å². The molecular weight excluding hydrogens is 426 g/mol. The Balaban J connectivity index is 1.47. The summed E-state index contributed by atoms with van der Waals surface area (Å²) in [4.78, 5) is 19.7. The molecule has 168 valence electrons. The molecule has 0 amide bonds. The van der Waals surface area contributed by atoms with E-state index in [4.69, 9.17) is 10.5 Å². The molecule has 1 aliphatic rings. The lowest BCUT2D eigenvalue weighted by atomic mass is 9.99. The molecule has 34 heavy (non-hydrogen) atoms. The van der Waals surface area contributed by atoms with Crippen molar-refractivity contribution in [3.05, 3.63) is 71.6 Å². The van der Waals surface area contributed by atoms with Gasteiger partial charge < -0.3 is 10.2 Å². The third-order valence-electron chi connectivity index (χ3n) is 5.43. The highest BCUT2D eigenvalue weighted by Crippen LogP contribution is 2.27. The summed E-state index contributed by atoms with van der Waals surface area (Å²) in [6.07, 6.45) is 6.40. The molecule has 0 fully saturated rings. The summed E-state index contributed by atoms with van der Waals surface area (Å²) >= 11 is 0. The molecule has 0 radical (unpaired) electrons. The first-order valence-electron chi connectivity index (χ1n) is 10.8. The minimum atomic E-state index is 0.442. The van der Waals surface area contributed by atoms with Crippen molar-refractivity contribution in [3.8, 4) is 12.3 Å². The number of aliphatic imine (C=N–C) groups is 1. The van der Waals surface area contributed by atoms with Crippen molar-refractivity contribution < 1.29 is 0 Å². The van der Waals surface area contributed by atoms with Crippen LogP contribution in [0.15, 0.2) is 59.9 Å². The topological polar surface area (TPSA) is 126 Å². The molecule has 0 atom stereocenters. The highest BCUT2D eigenvalue weighted by molar-refractivity contribution is 5.84. The van der Waals surface area contributed by atoms with Crippen molar-refractivity contribution in [2.45, 2.75) is 20.3 Å². The molecule has 0 unspecified atom stereocenters. The fourth-order valence-electron chi connectivity index (χ4n) is 3.60. The van der Waals surface area contributed by atoms with Crippen molar-refractivity contribution in [2.24, 2.45) is 4.99 Å². The zero-order valence-corrected chi connectivity index (χ0v) is 18.9. The quantitative estimate of drug-likeness (QED) is 0.257. The molecule has 3 aromatic rings. The van der Waals surface area contributed by atoms with Crippen LogP contribution in [0.25, 0.3) is 5.57 Å². The van der Waals surface area contributed by atoms with Gasteiger partial charge in [-0.1, -0.05) is 24.3 Å². The van der Waals surface area contributed by atoms with E-state index in [0.29, 0.717) is 29.8 Å². The Bertz CT molecular complexity index is 1330. The summed E-state index contributed by atoms with van der Waals surface area (Å²) in [6, 6.07) is 15.6. The molecule has 0 bridgehead atoms. The molecule has 2 heterocycles. The molecule has 0 saturated heterocycles. The second-order valence-electron chi connectivity index (χ2n) is 7.78. The molecule has 1 aliphatic heterocycles. The number of rotatable bonds is 5. The van der Waals surface area contributed by atoms with Crippen LogP contribution in [0.2, 0.25) is 0 Å². The molecule has 9 nitrogen and oxygen atoms in total. The normalized spacial score (nSPS) is 13.5. The number of aryl methyl sites for hydroxylation is 1. The Morgan fingerprint density at radius 1 is 1.12 bits per heavy atom. The van der Waals surface area contributed by atoms with Crippen LogP contribution in [-0.2, 0) is 0 Å². The lowest BCUT2D eigenvalue weighted by molar-refractivity contribution is 0.790.